The second-order valence-corrected chi connectivity index (χ2v) is 4.90. The topological polar surface area (TPSA) is 47.0 Å². The number of ether oxygens (including phenoxy) is 1. The number of anilines is 1. The number of hydrogen-bond donors (Lipinski definition) is 1. The Kier molecular flexibility index (Phi) is 7.23. The van der Waals surface area contributed by atoms with Gasteiger partial charge in [0.2, 0.25) is 11.8 Å². The standard InChI is InChI=1S/C15H27N3O/c1-5-8-9-13(6-2)11-16-15-17-12(4)10-14(18-15)19-7-3/h10,13H,5-9,11H2,1-4H3,(H,16,17,18). The summed E-state index contributed by atoms with van der Waals surface area (Å²) in [5.74, 6) is 2.03. The Labute approximate surface area is 117 Å². The van der Waals surface area contributed by atoms with E-state index in [9.17, 15) is 0 Å². The summed E-state index contributed by atoms with van der Waals surface area (Å²) in [4.78, 5) is 8.77. The van der Waals surface area contributed by atoms with Crippen molar-refractivity contribution in [3.63, 3.8) is 0 Å². The van der Waals surface area contributed by atoms with Crippen molar-refractivity contribution in [3.8, 4) is 5.88 Å². The third kappa shape index (κ3) is 5.90. The van der Waals surface area contributed by atoms with Crippen molar-refractivity contribution in [2.75, 3.05) is 18.5 Å². The molecule has 108 valence electrons. The van der Waals surface area contributed by atoms with Crippen LogP contribution in [0.4, 0.5) is 5.95 Å². The number of nitrogens with one attached hydrogen (secondary N) is 1. The van der Waals surface area contributed by atoms with Gasteiger partial charge in [0, 0.05) is 18.3 Å². The first-order valence-corrected chi connectivity index (χ1v) is 7.41. The van der Waals surface area contributed by atoms with Crippen molar-refractivity contribution in [2.45, 2.75) is 53.4 Å². The van der Waals surface area contributed by atoms with E-state index in [1.807, 2.05) is 19.9 Å². The molecule has 4 nitrogen and oxygen atoms in total. The molecule has 1 heterocycles. The molecule has 19 heavy (non-hydrogen) atoms. The SMILES string of the molecule is CCCCC(CC)CNc1nc(C)cc(OCC)n1. The minimum absolute atomic E-state index is 0.629. The molecule has 0 bridgehead atoms. The lowest BCUT2D eigenvalue weighted by molar-refractivity contribution is 0.326. The van der Waals surface area contributed by atoms with Crippen molar-refractivity contribution in [1.82, 2.24) is 9.97 Å². The van der Waals surface area contributed by atoms with Crippen LogP contribution in [-0.2, 0) is 0 Å². The predicted molar refractivity (Wildman–Crippen MR) is 79.7 cm³/mol. The first kappa shape index (κ1) is 15.7. The summed E-state index contributed by atoms with van der Waals surface area (Å²) < 4.78 is 5.43. The molecule has 0 fully saturated rings. The molecule has 0 radical (unpaired) electrons. The van der Waals surface area contributed by atoms with E-state index < -0.39 is 0 Å². The average molecular weight is 265 g/mol. The molecule has 0 saturated carbocycles. The molecule has 0 aromatic carbocycles. The first-order valence-electron chi connectivity index (χ1n) is 7.41. The average Bonchev–Trinajstić information content (AvgIpc) is 2.39. The van der Waals surface area contributed by atoms with Gasteiger partial charge in [-0.15, -0.1) is 0 Å². The van der Waals surface area contributed by atoms with Crippen LogP contribution in [0.3, 0.4) is 0 Å². The van der Waals surface area contributed by atoms with E-state index in [2.05, 4.69) is 29.1 Å². The largest absolute Gasteiger partial charge is 0.478 e. The Bertz CT molecular complexity index is 368. The summed E-state index contributed by atoms with van der Waals surface area (Å²) in [5, 5.41) is 3.34. The third-order valence-electron chi connectivity index (χ3n) is 3.22. The van der Waals surface area contributed by atoms with Crippen molar-refractivity contribution < 1.29 is 4.74 Å². The molecule has 0 spiro atoms. The fourth-order valence-electron chi connectivity index (χ4n) is 2.02. The molecule has 0 aliphatic carbocycles. The Hall–Kier alpha value is -1.32. The van der Waals surface area contributed by atoms with Crippen molar-refractivity contribution in [3.05, 3.63) is 11.8 Å². The second kappa shape index (κ2) is 8.73. The van der Waals surface area contributed by atoms with Crippen LogP contribution in [0, 0.1) is 12.8 Å². The highest BCUT2D eigenvalue weighted by molar-refractivity contribution is 5.30. The van der Waals surface area contributed by atoms with E-state index in [-0.39, 0.29) is 0 Å². The summed E-state index contributed by atoms with van der Waals surface area (Å²) in [6, 6.07) is 1.86. The number of aryl methyl sites for hydroxylation is 1. The normalized spacial score (nSPS) is 12.2. The minimum atomic E-state index is 0.629. The van der Waals surface area contributed by atoms with Crippen LogP contribution in [-0.4, -0.2) is 23.1 Å². The number of nitrogens with zero attached hydrogens (tertiary/aromatic N) is 2. The van der Waals surface area contributed by atoms with Gasteiger partial charge in [0.25, 0.3) is 0 Å². The van der Waals surface area contributed by atoms with E-state index >= 15 is 0 Å². The van der Waals surface area contributed by atoms with E-state index in [0.29, 0.717) is 24.4 Å². The highest BCUT2D eigenvalue weighted by Gasteiger charge is 2.08. The molecular formula is C15H27N3O. The predicted octanol–water partition coefficient (Wildman–Crippen LogP) is 3.81. The maximum absolute atomic E-state index is 5.43. The fraction of sp³-hybridized carbons (Fsp3) is 0.733. The Morgan fingerprint density at radius 2 is 2.05 bits per heavy atom. The van der Waals surface area contributed by atoms with Crippen LogP contribution in [0.5, 0.6) is 5.88 Å². The summed E-state index contributed by atoms with van der Waals surface area (Å²) >= 11 is 0. The summed E-state index contributed by atoms with van der Waals surface area (Å²) in [7, 11) is 0. The molecule has 1 rings (SSSR count). The van der Waals surface area contributed by atoms with Crippen LogP contribution < -0.4 is 10.1 Å². The van der Waals surface area contributed by atoms with Crippen LogP contribution >= 0.6 is 0 Å². The molecule has 0 aliphatic heterocycles. The van der Waals surface area contributed by atoms with Crippen LogP contribution in [0.25, 0.3) is 0 Å². The maximum Gasteiger partial charge on any atom is 0.226 e. The maximum atomic E-state index is 5.43. The molecule has 0 aliphatic rings. The van der Waals surface area contributed by atoms with Gasteiger partial charge in [-0.2, -0.15) is 4.98 Å². The van der Waals surface area contributed by atoms with E-state index in [1.165, 1.54) is 25.7 Å². The molecule has 4 heteroatoms. The van der Waals surface area contributed by atoms with Gasteiger partial charge in [-0.25, -0.2) is 4.98 Å². The number of aromatic nitrogens is 2. The van der Waals surface area contributed by atoms with E-state index in [0.717, 1.165) is 12.2 Å². The second-order valence-electron chi connectivity index (χ2n) is 4.90. The molecule has 1 aromatic heterocycles. The van der Waals surface area contributed by atoms with Gasteiger partial charge >= 0.3 is 0 Å². The summed E-state index contributed by atoms with van der Waals surface area (Å²) in [6.07, 6.45) is 5.01. The first-order chi connectivity index (χ1) is 9.19. The summed E-state index contributed by atoms with van der Waals surface area (Å²) in [6.45, 7) is 9.96. The van der Waals surface area contributed by atoms with Gasteiger partial charge in [-0.1, -0.05) is 33.1 Å². The molecular weight excluding hydrogens is 238 g/mol. The van der Waals surface area contributed by atoms with Gasteiger partial charge in [0.15, 0.2) is 0 Å². The molecule has 1 N–H and O–H groups in total. The van der Waals surface area contributed by atoms with E-state index in [4.69, 9.17) is 4.74 Å². The monoisotopic (exact) mass is 265 g/mol. The van der Waals surface area contributed by atoms with Gasteiger partial charge in [-0.3, -0.25) is 0 Å². The Balaban J connectivity index is 2.55. The van der Waals surface area contributed by atoms with Gasteiger partial charge < -0.3 is 10.1 Å². The molecule has 1 aromatic rings. The Morgan fingerprint density at radius 1 is 1.26 bits per heavy atom. The number of unbranched alkanes of at least 4 members (excludes halogenated alkanes) is 1. The lowest BCUT2D eigenvalue weighted by atomic mass is 9.99. The van der Waals surface area contributed by atoms with Gasteiger partial charge in [-0.05, 0) is 26.2 Å². The molecule has 0 saturated heterocycles. The zero-order valence-corrected chi connectivity index (χ0v) is 12.7. The minimum Gasteiger partial charge on any atom is -0.478 e. The highest BCUT2D eigenvalue weighted by Crippen LogP contribution is 2.15. The number of hydrogen-bond acceptors (Lipinski definition) is 4. The van der Waals surface area contributed by atoms with Crippen molar-refractivity contribution >= 4 is 5.95 Å². The highest BCUT2D eigenvalue weighted by atomic mass is 16.5. The van der Waals surface area contributed by atoms with Crippen LogP contribution in [0.15, 0.2) is 6.07 Å². The van der Waals surface area contributed by atoms with Gasteiger partial charge in [0.05, 0.1) is 6.61 Å². The van der Waals surface area contributed by atoms with E-state index in [1.54, 1.807) is 0 Å². The van der Waals surface area contributed by atoms with Gasteiger partial charge in [0.1, 0.15) is 0 Å². The Morgan fingerprint density at radius 3 is 2.68 bits per heavy atom. The lowest BCUT2D eigenvalue weighted by Crippen LogP contribution is -2.15. The quantitative estimate of drug-likeness (QED) is 0.737. The smallest absolute Gasteiger partial charge is 0.226 e. The molecule has 1 unspecified atom stereocenters. The fourth-order valence-corrected chi connectivity index (χ4v) is 2.02. The van der Waals surface area contributed by atoms with Crippen molar-refractivity contribution in [1.29, 1.82) is 0 Å². The van der Waals surface area contributed by atoms with Crippen molar-refractivity contribution in [2.24, 2.45) is 5.92 Å². The molecule has 0 amide bonds. The zero-order chi connectivity index (χ0) is 14.1. The zero-order valence-electron chi connectivity index (χ0n) is 12.7. The third-order valence-corrected chi connectivity index (χ3v) is 3.22. The lowest BCUT2D eigenvalue weighted by Gasteiger charge is -2.15. The van der Waals surface area contributed by atoms with Crippen LogP contribution in [0.2, 0.25) is 0 Å². The molecule has 1 atom stereocenters. The summed E-state index contributed by atoms with van der Waals surface area (Å²) in [5.41, 5.74) is 0.933. The van der Waals surface area contributed by atoms with Crippen LogP contribution in [0.1, 0.15) is 52.1 Å². The number of rotatable bonds is 9.